The fraction of sp³-hybridized carbons (Fsp3) is 0.148. The van der Waals surface area contributed by atoms with E-state index in [4.69, 9.17) is 4.84 Å². The maximum atomic E-state index is 5.65. The average molecular weight is 395 g/mol. The van der Waals surface area contributed by atoms with E-state index >= 15 is 0 Å². The van der Waals surface area contributed by atoms with Crippen molar-refractivity contribution in [2.24, 2.45) is 5.16 Å². The van der Waals surface area contributed by atoms with Crippen molar-refractivity contribution in [2.45, 2.75) is 27.4 Å². The highest BCUT2D eigenvalue weighted by Gasteiger charge is 2.17. The molecule has 0 amide bonds. The summed E-state index contributed by atoms with van der Waals surface area (Å²) >= 11 is 0. The second-order valence-corrected chi connectivity index (χ2v) is 7.50. The predicted octanol–water partition coefficient (Wildman–Crippen LogP) is 6.70. The van der Waals surface area contributed by atoms with E-state index in [0.717, 1.165) is 33.9 Å². The lowest BCUT2D eigenvalue weighted by molar-refractivity contribution is 0.130. The minimum Gasteiger partial charge on any atom is -0.391 e. The lowest BCUT2D eigenvalue weighted by Crippen LogP contribution is -2.03. The molecule has 0 saturated heterocycles. The second kappa shape index (κ2) is 8.83. The fourth-order valence-corrected chi connectivity index (χ4v) is 3.72. The van der Waals surface area contributed by atoms with Gasteiger partial charge in [-0.15, -0.1) is 0 Å². The third-order valence-electron chi connectivity index (χ3n) is 5.24. The molecule has 0 unspecified atom stereocenters. The van der Waals surface area contributed by atoms with E-state index in [9.17, 15) is 0 Å². The molecule has 3 nitrogen and oxygen atoms in total. The van der Waals surface area contributed by atoms with Crippen LogP contribution in [0.15, 0.2) is 96.2 Å². The summed E-state index contributed by atoms with van der Waals surface area (Å²) in [5.74, 6) is 0. The third kappa shape index (κ3) is 4.20. The molecule has 4 rings (SSSR count). The molecule has 3 heteroatoms. The Labute approximate surface area is 178 Å². The van der Waals surface area contributed by atoms with E-state index in [2.05, 4.69) is 78.2 Å². The molecule has 4 aromatic rings. The third-order valence-corrected chi connectivity index (χ3v) is 5.24. The normalized spacial score (nSPS) is 11.5. The molecule has 1 aromatic heterocycles. The zero-order chi connectivity index (χ0) is 20.9. The summed E-state index contributed by atoms with van der Waals surface area (Å²) in [5.41, 5.74) is 8.90. The lowest BCUT2D eigenvalue weighted by Gasteiger charge is -2.13. The smallest absolute Gasteiger partial charge is 0.142 e. The van der Waals surface area contributed by atoms with Crippen LogP contribution in [0.5, 0.6) is 0 Å². The Morgan fingerprint density at radius 3 is 2.23 bits per heavy atom. The molecule has 0 fully saturated rings. The Balaban J connectivity index is 1.73. The van der Waals surface area contributed by atoms with Crippen LogP contribution < -0.4 is 0 Å². The van der Waals surface area contributed by atoms with Gasteiger partial charge in [0.15, 0.2) is 0 Å². The standard InChI is InChI=1S/C27H26N2O/c1-20-11-10-16-25(17-20)29-22(3)26(18-27(29)24-14-8-5-9-15-24)21(2)28-30-19-23-12-6-4-7-13-23/h4-18H,19H2,1-3H3/b28-21-. The molecule has 0 saturated carbocycles. The molecule has 0 aliphatic carbocycles. The number of nitrogens with zero attached hydrogens (tertiary/aromatic N) is 2. The molecular weight excluding hydrogens is 368 g/mol. The summed E-state index contributed by atoms with van der Waals surface area (Å²) in [6.07, 6.45) is 0. The summed E-state index contributed by atoms with van der Waals surface area (Å²) < 4.78 is 2.30. The number of rotatable bonds is 6. The van der Waals surface area contributed by atoms with Gasteiger partial charge in [0, 0.05) is 16.9 Å². The van der Waals surface area contributed by atoms with Gasteiger partial charge in [0.1, 0.15) is 6.61 Å². The first-order valence-corrected chi connectivity index (χ1v) is 10.2. The van der Waals surface area contributed by atoms with Gasteiger partial charge in [0.05, 0.1) is 11.4 Å². The number of aryl methyl sites for hydroxylation is 1. The Kier molecular flexibility index (Phi) is 5.80. The molecule has 0 aliphatic heterocycles. The summed E-state index contributed by atoms with van der Waals surface area (Å²) in [4.78, 5) is 5.65. The van der Waals surface area contributed by atoms with Gasteiger partial charge < -0.3 is 9.40 Å². The maximum Gasteiger partial charge on any atom is 0.142 e. The summed E-state index contributed by atoms with van der Waals surface area (Å²) in [5, 5.41) is 4.41. The Bertz CT molecular complexity index is 1160. The SMILES string of the molecule is C/C(=N/OCc1ccccc1)c1cc(-c2ccccc2)n(-c2cccc(C)c2)c1C. The zero-order valence-corrected chi connectivity index (χ0v) is 17.7. The van der Waals surface area contributed by atoms with Gasteiger partial charge in [-0.3, -0.25) is 0 Å². The maximum absolute atomic E-state index is 5.65. The minimum absolute atomic E-state index is 0.460. The van der Waals surface area contributed by atoms with E-state index in [1.165, 1.54) is 11.1 Å². The van der Waals surface area contributed by atoms with E-state index in [-0.39, 0.29) is 0 Å². The zero-order valence-electron chi connectivity index (χ0n) is 17.7. The number of hydrogen-bond donors (Lipinski definition) is 0. The van der Waals surface area contributed by atoms with Crippen LogP contribution in [0.2, 0.25) is 0 Å². The molecule has 30 heavy (non-hydrogen) atoms. The van der Waals surface area contributed by atoms with Crippen molar-refractivity contribution in [1.29, 1.82) is 0 Å². The number of oxime groups is 1. The first-order valence-electron chi connectivity index (χ1n) is 10.2. The highest BCUT2D eigenvalue weighted by Crippen LogP contribution is 2.30. The van der Waals surface area contributed by atoms with Gasteiger partial charge in [-0.1, -0.05) is 78.0 Å². The minimum atomic E-state index is 0.460. The van der Waals surface area contributed by atoms with Crippen molar-refractivity contribution < 1.29 is 4.84 Å². The first-order chi connectivity index (χ1) is 14.6. The summed E-state index contributed by atoms with van der Waals surface area (Å²) in [6, 6.07) is 31.3. The van der Waals surface area contributed by atoms with Gasteiger partial charge >= 0.3 is 0 Å². The molecule has 1 heterocycles. The Hall–Kier alpha value is -3.59. The van der Waals surface area contributed by atoms with Crippen LogP contribution in [-0.2, 0) is 11.4 Å². The summed E-state index contributed by atoms with van der Waals surface area (Å²) in [6.45, 7) is 6.72. The molecule has 0 spiro atoms. The van der Waals surface area contributed by atoms with Crippen molar-refractivity contribution in [3.63, 3.8) is 0 Å². The van der Waals surface area contributed by atoms with Gasteiger partial charge in [-0.25, -0.2) is 0 Å². The molecule has 150 valence electrons. The van der Waals surface area contributed by atoms with Crippen LogP contribution in [0.3, 0.4) is 0 Å². The summed E-state index contributed by atoms with van der Waals surface area (Å²) in [7, 11) is 0. The lowest BCUT2D eigenvalue weighted by atomic mass is 10.1. The Morgan fingerprint density at radius 2 is 1.53 bits per heavy atom. The number of hydrogen-bond acceptors (Lipinski definition) is 2. The molecule has 0 radical (unpaired) electrons. The van der Waals surface area contributed by atoms with Crippen molar-refractivity contribution in [2.75, 3.05) is 0 Å². The van der Waals surface area contributed by atoms with E-state index in [0.29, 0.717) is 6.61 Å². The first kappa shape index (κ1) is 19.7. The van der Waals surface area contributed by atoms with Crippen LogP contribution >= 0.6 is 0 Å². The molecule has 0 N–H and O–H groups in total. The largest absolute Gasteiger partial charge is 0.391 e. The predicted molar refractivity (Wildman–Crippen MR) is 124 cm³/mol. The van der Waals surface area contributed by atoms with Crippen molar-refractivity contribution in [3.8, 4) is 16.9 Å². The van der Waals surface area contributed by atoms with Gasteiger partial charge in [-0.2, -0.15) is 0 Å². The van der Waals surface area contributed by atoms with Gasteiger partial charge in [0.25, 0.3) is 0 Å². The number of benzene rings is 3. The second-order valence-electron chi connectivity index (χ2n) is 7.50. The van der Waals surface area contributed by atoms with Crippen molar-refractivity contribution in [3.05, 3.63) is 113 Å². The van der Waals surface area contributed by atoms with Crippen LogP contribution in [0, 0.1) is 13.8 Å². The molecular formula is C27H26N2O. The molecule has 0 bridgehead atoms. The average Bonchev–Trinajstić information content (AvgIpc) is 3.12. The van der Waals surface area contributed by atoms with Crippen LogP contribution in [0.1, 0.15) is 29.3 Å². The molecule has 0 atom stereocenters. The van der Waals surface area contributed by atoms with Gasteiger partial charge in [0.2, 0.25) is 0 Å². The van der Waals surface area contributed by atoms with E-state index < -0.39 is 0 Å². The van der Waals surface area contributed by atoms with Crippen molar-refractivity contribution >= 4 is 5.71 Å². The monoisotopic (exact) mass is 394 g/mol. The van der Waals surface area contributed by atoms with Crippen LogP contribution in [0.4, 0.5) is 0 Å². The van der Waals surface area contributed by atoms with E-state index in [1.807, 2.05) is 43.3 Å². The van der Waals surface area contributed by atoms with E-state index in [1.54, 1.807) is 0 Å². The van der Waals surface area contributed by atoms with Crippen LogP contribution in [-0.4, -0.2) is 10.3 Å². The Morgan fingerprint density at radius 1 is 0.833 bits per heavy atom. The quantitative estimate of drug-likeness (QED) is 0.264. The molecule has 3 aromatic carbocycles. The molecule has 0 aliphatic rings. The fourth-order valence-electron chi connectivity index (χ4n) is 3.72. The van der Waals surface area contributed by atoms with Gasteiger partial charge in [-0.05, 0) is 55.7 Å². The highest BCUT2D eigenvalue weighted by molar-refractivity contribution is 6.01. The number of aromatic nitrogens is 1. The topological polar surface area (TPSA) is 26.5 Å². The van der Waals surface area contributed by atoms with Crippen molar-refractivity contribution in [1.82, 2.24) is 4.57 Å². The van der Waals surface area contributed by atoms with Crippen LogP contribution in [0.25, 0.3) is 16.9 Å². The highest BCUT2D eigenvalue weighted by atomic mass is 16.6.